The lowest BCUT2D eigenvalue weighted by molar-refractivity contribution is -0.116. The first-order valence-corrected chi connectivity index (χ1v) is 8.82. The number of carbonyl (C=O) groups is 1. The lowest BCUT2D eigenvalue weighted by Gasteiger charge is -2.11. The summed E-state index contributed by atoms with van der Waals surface area (Å²) < 4.78 is 1.64. The highest BCUT2D eigenvalue weighted by atomic mass is 16.1. The van der Waals surface area contributed by atoms with Gasteiger partial charge in [0.2, 0.25) is 5.91 Å². The zero-order chi connectivity index (χ0) is 18.6. The molecule has 0 fully saturated rings. The van der Waals surface area contributed by atoms with Gasteiger partial charge in [0.25, 0.3) is 0 Å². The zero-order valence-electron chi connectivity index (χ0n) is 14.9. The van der Waals surface area contributed by atoms with Crippen LogP contribution in [0.25, 0.3) is 22.5 Å². The Balaban J connectivity index is 1.46. The Morgan fingerprint density at radius 3 is 2.74 bits per heavy atom. The molecule has 0 aliphatic carbocycles. The monoisotopic (exact) mass is 357 g/mol. The number of nitrogens with zero attached hydrogens (tertiary/aromatic N) is 4. The molecule has 4 rings (SSSR count). The van der Waals surface area contributed by atoms with Crippen LogP contribution in [0, 0.1) is 0 Å². The van der Waals surface area contributed by atoms with Gasteiger partial charge < -0.3 is 5.32 Å². The largest absolute Gasteiger partial charge is 0.352 e. The second-order valence-corrected chi connectivity index (χ2v) is 6.42. The number of amides is 1. The van der Waals surface area contributed by atoms with Crippen LogP contribution < -0.4 is 5.32 Å². The number of nitrogens with one attached hydrogen (secondary N) is 1. The van der Waals surface area contributed by atoms with Crippen molar-refractivity contribution in [3.63, 3.8) is 0 Å². The Labute approximate surface area is 156 Å². The first-order valence-electron chi connectivity index (χ1n) is 8.82. The van der Waals surface area contributed by atoms with Crippen molar-refractivity contribution in [2.24, 2.45) is 0 Å². The fourth-order valence-corrected chi connectivity index (χ4v) is 2.97. The molecular weight excluding hydrogens is 338 g/mol. The minimum atomic E-state index is -0.171. The van der Waals surface area contributed by atoms with Crippen molar-refractivity contribution in [3.8, 4) is 0 Å². The van der Waals surface area contributed by atoms with Gasteiger partial charge >= 0.3 is 0 Å². The molecule has 2 aromatic carbocycles. The molecule has 0 radical (unpaired) electrons. The molecule has 1 N–H and O–H groups in total. The maximum absolute atomic E-state index is 12.1. The molecule has 0 bridgehead atoms. The predicted molar refractivity (Wildman–Crippen MR) is 105 cm³/mol. The van der Waals surface area contributed by atoms with Crippen molar-refractivity contribution in [2.75, 3.05) is 6.54 Å². The Kier molecular flexibility index (Phi) is 4.61. The van der Waals surface area contributed by atoms with Gasteiger partial charge in [-0.1, -0.05) is 61.5 Å². The van der Waals surface area contributed by atoms with Crippen molar-refractivity contribution in [1.82, 2.24) is 25.1 Å². The van der Waals surface area contributed by atoms with E-state index in [1.54, 1.807) is 16.8 Å². The summed E-state index contributed by atoms with van der Waals surface area (Å²) in [5.41, 5.74) is 1.87. The van der Waals surface area contributed by atoms with Crippen molar-refractivity contribution in [2.45, 2.75) is 12.8 Å². The smallest absolute Gasteiger partial charge is 0.244 e. The Morgan fingerprint density at radius 2 is 1.89 bits per heavy atom. The van der Waals surface area contributed by atoms with Gasteiger partial charge in [-0.05, 0) is 17.6 Å². The molecule has 0 aliphatic heterocycles. The molecule has 0 saturated heterocycles. The molecule has 27 heavy (non-hydrogen) atoms. The summed E-state index contributed by atoms with van der Waals surface area (Å²) in [5.74, 6) is 0.586. The van der Waals surface area contributed by atoms with Gasteiger partial charge in [0.15, 0.2) is 11.5 Å². The third-order valence-electron chi connectivity index (χ3n) is 4.51. The summed E-state index contributed by atoms with van der Waals surface area (Å²) in [5, 5.41) is 17.6. The van der Waals surface area contributed by atoms with Crippen molar-refractivity contribution in [3.05, 3.63) is 78.3 Å². The second kappa shape index (κ2) is 7.37. The van der Waals surface area contributed by atoms with Gasteiger partial charge in [0, 0.05) is 23.4 Å². The Morgan fingerprint density at radius 1 is 1.11 bits per heavy atom. The van der Waals surface area contributed by atoms with E-state index >= 15 is 0 Å². The highest BCUT2D eigenvalue weighted by Gasteiger charge is 2.09. The van der Waals surface area contributed by atoms with Gasteiger partial charge in [0.1, 0.15) is 0 Å². The quantitative estimate of drug-likeness (QED) is 0.557. The van der Waals surface area contributed by atoms with Crippen molar-refractivity contribution in [1.29, 1.82) is 0 Å². The SMILES string of the molecule is C[C@@H](CNC(=O)/C=C/c1nnc2c3ccccc3cnn12)c1ccccc1. The summed E-state index contributed by atoms with van der Waals surface area (Å²) >= 11 is 0. The van der Waals surface area contributed by atoms with E-state index in [1.165, 1.54) is 11.6 Å². The number of hydrogen-bond donors (Lipinski definition) is 1. The minimum Gasteiger partial charge on any atom is -0.352 e. The number of aromatic nitrogens is 4. The van der Waals surface area contributed by atoms with E-state index in [0.717, 1.165) is 10.8 Å². The predicted octanol–water partition coefficient (Wildman–Crippen LogP) is 3.21. The average molecular weight is 357 g/mol. The fraction of sp³-hybridized carbons (Fsp3) is 0.143. The maximum Gasteiger partial charge on any atom is 0.244 e. The second-order valence-electron chi connectivity index (χ2n) is 6.42. The van der Waals surface area contributed by atoms with Crippen LogP contribution in [-0.4, -0.2) is 32.3 Å². The summed E-state index contributed by atoms with van der Waals surface area (Å²) in [6.07, 6.45) is 4.86. The van der Waals surface area contributed by atoms with Crippen LogP contribution >= 0.6 is 0 Å². The van der Waals surface area contributed by atoms with Gasteiger partial charge in [-0.3, -0.25) is 4.79 Å². The van der Waals surface area contributed by atoms with Gasteiger partial charge in [-0.15, -0.1) is 10.2 Å². The van der Waals surface area contributed by atoms with E-state index in [-0.39, 0.29) is 11.8 Å². The number of rotatable bonds is 5. The summed E-state index contributed by atoms with van der Waals surface area (Å²) in [6.45, 7) is 2.65. The third-order valence-corrected chi connectivity index (χ3v) is 4.51. The van der Waals surface area contributed by atoms with Crippen LogP contribution in [0.15, 0.2) is 66.9 Å². The molecule has 0 unspecified atom stereocenters. The van der Waals surface area contributed by atoms with Crippen LogP contribution in [-0.2, 0) is 4.79 Å². The molecule has 1 atom stereocenters. The molecular formula is C21H19N5O. The van der Waals surface area contributed by atoms with Crippen molar-refractivity contribution < 1.29 is 4.79 Å². The highest BCUT2D eigenvalue weighted by molar-refractivity contribution is 5.94. The summed E-state index contributed by atoms with van der Waals surface area (Å²) in [6, 6.07) is 18.0. The molecule has 2 heterocycles. The maximum atomic E-state index is 12.1. The van der Waals surface area contributed by atoms with Crippen LogP contribution in [0.1, 0.15) is 24.2 Å². The lowest BCUT2D eigenvalue weighted by atomic mass is 10.0. The van der Waals surface area contributed by atoms with Crippen LogP contribution in [0.2, 0.25) is 0 Å². The number of hydrogen-bond acceptors (Lipinski definition) is 4. The Hall–Kier alpha value is -3.54. The molecule has 0 aliphatic rings. The first kappa shape index (κ1) is 16.9. The van der Waals surface area contributed by atoms with E-state index < -0.39 is 0 Å². The summed E-state index contributed by atoms with van der Waals surface area (Å²) in [7, 11) is 0. The summed E-state index contributed by atoms with van der Waals surface area (Å²) in [4.78, 5) is 12.1. The molecule has 1 amide bonds. The van der Waals surface area contributed by atoms with Crippen molar-refractivity contribution >= 4 is 28.4 Å². The normalized spacial score (nSPS) is 12.6. The molecule has 134 valence electrons. The topological polar surface area (TPSA) is 72.2 Å². The van der Waals surface area contributed by atoms with E-state index in [1.807, 2.05) is 42.5 Å². The van der Waals surface area contributed by atoms with E-state index in [4.69, 9.17) is 0 Å². The molecule has 0 spiro atoms. The van der Waals surface area contributed by atoms with Gasteiger partial charge in [0.05, 0.1) is 6.20 Å². The zero-order valence-corrected chi connectivity index (χ0v) is 14.9. The van der Waals surface area contributed by atoms with E-state index in [9.17, 15) is 4.79 Å². The first-order chi connectivity index (χ1) is 13.2. The standard InChI is InChI=1S/C21H19N5O/c1-15(16-7-3-2-4-8-16)13-22-20(27)12-11-19-24-25-21-18-10-6-5-9-17(18)14-23-26(19)21/h2-12,14-15H,13H2,1H3,(H,22,27)/b12-11+/t15-/m0/s1. The van der Waals surface area contributed by atoms with Crippen LogP contribution in [0.5, 0.6) is 0 Å². The highest BCUT2D eigenvalue weighted by Crippen LogP contribution is 2.17. The van der Waals surface area contributed by atoms with E-state index in [0.29, 0.717) is 18.0 Å². The van der Waals surface area contributed by atoms with Crippen LogP contribution in [0.3, 0.4) is 0 Å². The number of fused-ring (bicyclic) bond motifs is 3. The number of benzene rings is 2. The fourth-order valence-electron chi connectivity index (χ4n) is 2.97. The Bertz CT molecular complexity index is 1120. The minimum absolute atomic E-state index is 0.171. The van der Waals surface area contributed by atoms with Crippen LogP contribution in [0.4, 0.5) is 0 Å². The number of carbonyl (C=O) groups excluding carboxylic acids is 1. The van der Waals surface area contributed by atoms with Gasteiger partial charge in [-0.2, -0.15) is 9.61 Å². The van der Waals surface area contributed by atoms with E-state index in [2.05, 4.69) is 39.7 Å². The molecule has 2 aromatic heterocycles. The third kappa shape index (κ3) is 3.55. The molecule has 4 aromatic rings. The molecule has 6 nitrogen and oxygen atoms in total. The molecule has 0 saturated carbocycles. The van der Waals surface area contributed by atoms with Gasteiger partial charge in [-0.25, -0.2) is 0 Å². The average Bonchev–Trinajstić information content (AvgIpc) is 3.14. The lowest BCUT2D eigenvalue weighted by Crippen LogP contribution is -2.25. The molecule has 6 heteroatoms.